The molecule has 0 amide bonds. The number of rotatable bonds is 1. The van der Waals surface area contributed by atoms with Crippen LogP contribution < -0.4 is 0 Å². The summed E-state index contributed by atoms with van der Waals surface area (Å²) < 4.78 is 148. The maximum absolute atomic E-state index is 10.7. The number of hydrogen-bond donors (Lipinski definition) is 0. The molecule has 0 aromatic rings. The molecule has 0 bridgehead atoms. The van der Waals surface area contributed by atoms with Crippen LogP contribution in [0.5, 0.6) is 0 Å². The van der Waals surface area contributed by atoms with Crippen molar-refractivity contribution in [1.29, 1.82) is 0 Å². The van der Waals surface area contributed by atoms with E-state index in [9.17, 15) is 50.4 Å². The van der Waals surface area contributed by atoms with Gasteiger partial charge >= 0.3 is 131 Å². The predicted octanol–water partition coefficient (Wildman–Crippen LogP) is 23.2. The van der Waals surface area contributed by atoms with E-state index >= 15 is 0 Å². The van der Waals surface area contributed by atoms with Gasteiger partial charge in [-0.1, -0.05) is 145 Å². The van der Waals surface area contributed by atoms with Crippen molar-refractivity contribution < 1.29 is 123 Å². The van der Waals surface area contributed by atoms with Gasteiger partial charge < -0.3 is 0 Å². The molecule has 0 aromatic heterocycles. The van der Waals surface area contributed by atoms with Gasteiger partial charge in [0, 0.05) is 66.0 Å². The fourth-order valence-electron chi connectivity index (χ4n) is 5.36. The van der Waals surface area contributed by atoms with Crippen LogP contribution in [-0.2, 0) is 72.2 Å². The minimum atomic E-state index is -10.7. The van der Waals surface area contributed by atoms with E-state index in [0.29, 0.717) is 5.92 Å². The minimum Gasteiger partial charge on any atom is 0 e. The van der Waals surface area contributed by atoms with E-state index in [1.807, 2.05) is 0 Å². The topological polar surface area (TPSA) is 79.6 Å². The first-order valence-electron chi connectivity index (χ1n) is 20.7. The third-order valence-electron chi connectivity index (χ3n) is 8.65. The molecule has 3 aliphatic carbocycles. The molecule has 0 spiro atoms. The Morgan fingerprint density at radius 1 is 0.370 bits per heavy atom. The van der Waals surface area contributed by atoms with Crippen LogP contribution in [0.1, 0.15) is 145 Å². The molecule has 0 unspecified atom stereocenters. The fourth-order valence-corrected chi connectivity index (χ4v) is 8.56. The first-order chi connectivity index (χ1) is 30.3. The summed E-state index contributed by atoms with van der Waals surface area (Å²) in [5.41, 5.74) is 1.39. The van der Waals surface area contributed by atoms with Gasteiger partial charge in [-0.05, 0) is 137 Å². The molecule has 0 N–H and O–H groups in total. The Hall–Kier alpha value is 2.36. The van der Waals surface area contributed by atoms with Crippen molar-refractivity contribution in [3.63, 3.8) is 0 Å². The molecule has 426 valence electrons. The Morgan fingerprint density at radius 3 is 0.616 bits per heavy atom. The van der Waals surface area contributed by atoms with Gasteiger partial charge in [0.2, 0.25) is 0 Å². The van der Waals surface area contributed by atoms with Gasteiger partial charge in [-0.3, -0.25) is 0 Å². The summed E-state index contributed by atoms with van der Waals surface area (Å²) in [7, 11) is -14.9. The third-order valence-corrected chi connectivity index (χ3v) is 21.4. The molecular weight excluding hydrogens is 1270 g/mol. The molecule has 4 aliphatic rings. The maximum atomic E-state index is 9.87. The van der Waals surface area contributed by atoms with E-state index in [0.717, 1.165) is 0 Å². The molecule has 1 aliphatic heterocycles. The molecule has 1 heterocycles. The van der Waals surface area contributed by atoms with Crippen molar-refractivity contribution in [2.24, 2.45) is 38.4 Å². The van der Waals surface area contributed by atoms with Crippen molar-refractivity contribution >= 4 is 47.4 Å². The van der Waals surface area contributed by atoms with Gasteiger partial charge in [0.05, 0.1) is 0 Å². The van der Waals surface area contributed by atoms with Gasteiger partial charge in [-0.15, -0.1) is 0 Å². The molecule has 73 heavy (non-hydrogen) atoms. The van der Waals surface area contributed by atoms with Crippen molar-refractivity contribution in [2.75, 3.05) is 0 Å². The van der Waals surface area contributed by atoms with E-state index < -0.39 is 15.6 Å². The Morgan fingerprint density at radius 2 is 0.521 bits per heavy atom. The second-order valence-electron chi connectivity index (χ2n) is 22.0. The van der Waals surface area contributed by atoms with E-state index in [1.165, 1.54) is 47.3 Å². The van der Waals surface area contributed by atoms with E-state index in [-0.39, 0.29) is 86.1 Å². The average Bonchev–Trinajstić information content (AvgIpc) is 3.77. The zero-order chi connectivity index (χ0) is 58.5. The Labute approximate surface area is 476 Å². The first-order valence-corrected chi connectivity index (χ1v) is 31.2. The van der Waals surface area contributed by atoms with Crippen LogP contribution in [0, 0.1) is 164 Å². The molecular formula is C48H72F12Fe2O4P6Ru. The third kappa shape index (κ3) is 60.3. The van der Waals surface area contributed by atoms with Crippen LogP contribution >= 0.6 is 47.4 Å². The van der Waals surface area contributed by atoms with Gasteiger partial charge in [-0.25, -0.2) is 0 Å². The average molecular weight is 1340 g/mol. The van der Waals surface area contributed by atoms with Crippen molar-refractivity contribution in [2.45, 2.75) is 145 Å². The molecule has 25 heteroatoms. The summed E-state index contributed by atoms with van der Waals surface area (Å²) in [6.45, 7) is 66.0. The normalized spacial score (nSPS) is 20.9. The summed E-state index contributed by atoms with van der Waals surface area (Å²) in [4.78, 5) is 0. The molecule has 0 aromatic carbocycles. The van der Waals surface area contributed by atoms with Gasteiger partial charge in [-0.2, -0.15) is 0 Å². The molecule has 0 atom stereocenters. The summed E-state index contributed by atoms with van der Waals surface area (Å²) >= 11 is 0. The first kappa shape index (κ1) is 94.6. The standard InChI is InChI=1S/2C17H29.C10H14.4CO.2F6P.2Fe.P4.Ru/c2*1-15(2,3)12-10-13(16(4,5)6)14(11-12)17(7,8)9;1-8(2)10-6-4-9(3)5-7-10;4*1-2;2*1-7(2,3,4,5)6;;;1-2-4-3-1;/h2*10-11H,1-9H3;4-8H,1-3H3;;;;;;;;;;/q;;;;;;;2*-1;;;;+2. The largest absolute Gasteiger partial charge is 2.00 e. The molecule has 3 saturated carbocycles. The van der Waals surface area contributed by atoms with E-state index in [1.54, 1.807) is 31.8 Å². The maximum Gasteiger partial charge on any atom is 2.00 e. The van der Waals surface area contributed by atoms with Crippen LogP contribution in [0.25, 0.3) is 0 Å². The van der Waals surface area contributed by atoms with Gasteiger partial charge in [0.25, 0.3) is 0 Å². The molecule has 4 nitrogen and oxygen atoms in total. The molecule has 1 saturated heterocycles. The quantitative estimate of drug-likeness (QED) is 0.0824. The zero-order valence-electron chi connectivity index (χ0n) is 45.1. The SMILES string of the molecule is CC(C)(C)[C]1[CH][C](C(C)(C)C)[C](C(C)(C)C)[CH]1.CC(C)(C)[C]1[CH][C](C(C)(C)C)[C](C(C)(C)C)[CH]1.C[C]1[CH][CH][C](C(C)C)[CH][CH]1.F[P-](F)(F)(F)(F)F.F[P-](F)(F)(F)(F)F.[C-]#[O+].[C-]#[O+].[C-]#[O+].[C-]#[O+].[Fe].[Fe].[P]1[P][P][P]1.[Ru+2]. The predicted molar refractivity (Wildman–Crippen MR) is 268 cm³/mol. The van der Waals surface area contributed by atoms with Gasteiger partial charge in [0.15, 0.2) is 0 Å². The molecule has 4 fully saturated rings. The van der Waals surface area contributed by atoms with E-state index in [2.05, 4.69) is 223 Å². The number of hydrogen-bond acceptors (Lipinski definition) is 0. The molecule has 20 radical (unpaired) electrons. The van der Waals surface area contributed by atoms with Crippen LogP contribution in [0.4, 0.5) is 50.4 Å². The van der Waals surface area contributed by atoms with Crippen molar-refractivity contribution in [1.82, 2.24) is 0 Å². The minimum absolute atomic E-state index is 0. The van der Waals surface area contributed by atoms with Crippen LogP contribution in [0.2, 0.25) is 0 Å². The van der Waals surface area contributed by atoms with Crippen molar-refractivity contribution in [3.05, 3.63) is 125 Å². The summed E-state index contributed by atoms with van der Waals surface area (Å²) in [5.74, 6) is 12.4. The Bertz CT molecular complexity index is 1360. The van der Waals surface area contributed by atoms with Crippen LogP contribution in [0.15, 0.2) is 0 Å². The zero-order valence-corrected chi connectivity index (χ0v) is 54.4. The summed E-state index contributed by atoms with van der Waals surface area (Å²) in [6, 6.07) is 0. The van der Waals surface area contributed by atoms with Crippen LogP contribution in [-0.4, -0.2) is 0 Å². The summed E-state index contributed by atoms with van der Waals surface area (Å²) in [6.07, 6.45) is 18.4. The summed E-state index contributed by atoms with van der Waals surface area (Å²) in [5, 5.41) is 0. The smallest absolute Gasteiger partial charge is 0 e. The van der Waals surface area contributed by atoms with E-state index in [4.69, 9.17) is 18.6 Å². The van der Waals surface area contributed by atoms with Crippen LogP contribution in [0.3, 0.4) is 0 Å². The number of halogens is 12. The van der Waals surface area contributed by atoms with Crippen molar-refractivity contribution in [3.8, 4) is 0 Å². The Balaban J connectivity index is -0.0000000971. The fraction of sp³-hybridized carbons (Fsp3) is 0.583. The second kappa shape index (κ2) is 34.7. The van der Waals surface area contributed by atoms with Gasteiger partial charge in [0.1, 0.15) is 0 Å². The second-order valence-corrected chi connectivity index (χ2v) is 35.1. The monoisotopic (exact) mass is 1340 g/mol. The molecule has 4 rings (SSSR count). The Kier molecular flexibility index (Phi) is 45.0.